The van der Waals surface area contributed by atoms with Gasteiger partial charge in [-0.15, -0.1) is 0 Å². The van der Waals surface area contributed by atoms with Gasteiger partial charge in [0, 0.05) is 25.8 Å². The zero-order valence-electron chi connectivity index (χ0n) is 11.3. The van der Waals surface area contributed by atoms with Crippen LogP contribution in [0.5, 0.6) is 0 Å². The third-order valence-electron chi connectivity index (χ3n) is 3.56. The summed E-state index contributed by atoms with van der Waals surface area (Å²) in [5.41, 5.74) is 0. The molecule has 0 radical (unpaired) electrons. The van der Waals surface area contributed by atoms with Crippen molar-refractivity contribution in [3.05, 3.63) is 22.8 Å². The van der Waals surface area contributed by atoms with E-state index >= 15 is 0 Å². The third kappa shape index (κ3) is 3.34. The number of nitrogens with zero attached hydrogens (tertiary/aromatic N) is 2. The highest BCUT2D eigenvalue weighted by molar-refractivity contribution is 9.10. The van der Waals surface area contributed by atoms with Gasteiger partial charge in [0.25, 0.3) is 0 Å². The molecule has 2 atom stereocenters. The molecule has 0 saturated carbocycles. The van der Waals surface area contributed by atoms with Gasteiger partial charge in [-0.2, -0.15) is 0 Å². The van der Waals surface area contributed by atoms with Crippen molar-refractivity contribution in [3.8, 4) is 0 Å². The molecule has 0 unspecified atom stereocenters. The van der Waals surface area contributed by atoms with E-state index in [1.807, 2.05) is 12.1 Å². The molecule has 1 aliphatic heterocycles. The molecule has 1 aromatic heterocycles. The fourth-order valence-corrected chi connectivity index (χ4v) is 2.91. The van der Waals surface area contributed by atoms with Gasteiger partial charge >= 0.3 is 0 Å². The van der Waals surface area contributed by atoms with Gasteiger partial charge in [0.15, 0.2) is 0 Å². The highest BCUT2D eigenvalue weighted by atomic mass is 79.9. The molecule has 1 amide bonds. The number of aromatic nitrogens is 1. The molecule has 0 aromatic carbocycles. The molecule has 1 fully saturated rings. The molecule has 1 aliphatic rings. The summed E-state index contributed by atoms with van der Waals surface area (Å²) in [6.07, 6.45) is 4.47. The van der Waals surface area contributed by atoms with E-state index in [2.05, 4.69) is 27.8 Å². The second-order valence-electron chi connectivity index (χ2n) is 4.83. The second-order valence-corrected chi connectivity index (χ2v) is 5.68. The van der Waals surface area contributed by atoms with Crippen molar-refractivity contribution in [1.29, 1.82) is 0 Å². The maximum atomic E-state index is 12.5. The number of carbonyl (C=O) groups is 1. The van der Waals surface area contributed by atoms with Crippen LogP contribution in [-0.4, -0.2) is 30.6 Å². The van der Waals surface area contributed by atoms with Gasteiger partial charge in [-0.3, -0.25) is 9.69 Å². The third-order valence-corrected chi connectivity index (χ3v) is 4.18. The van der Waals surface area contributed by atoms with Gasteiger partial charge in [0.2, 0.25) is 5.91 Å². The van der Waals surface area contributed by atoms with Crippen molar-refractivity contribution >= 4 is 27.7 Å². The second kappa shape index (κ2) is 6.48. The Morgan fingerprint density at radius 3 is 3.11 bits per heavy atom. The minimum Gasteiger partial charge on any atom is -0.378 e. The molecule has 0 bridgehead atoms. The molecule has 0 spiro atoms. The summed E-state index contributed by atoms with van der Waals surface area (Å²) in [4.78, 5) is 18.4. The smallest absolute Gasteiger partial charge is 0.231 e. The first kappa shape index (κ1) is 14.5. The monoisotopic (exact) mass is 326 g/mol. The first-order chi connectivity index (χ1) is 9.13. The standard InChI is InChI=1S/C14H19BrN2O2/c1-3-11-9-10(6-8-19-11)14(18)17(2)13-12(15)5-4-7-16-13/h4-5,7,10-11H,3,6,8-9H2,1-2H3/t10-,11+/m1/s1. The molecule has 0 aliphatic carbocycles. The van der Waals surface area contributed by atoms with E-state index in [1.54, 1.807) is 18.1 Å². The topological polar surface area (TPSA) is 42.4 Å². The molecule has 2 rings (SSSR count). The largest absolute Gasteiger partial charge is 0.378 e. The number of hydrogen-bond acceptors (Lipinski definition) is 3. The molecule has 104 valence electrons. The Hall–Kier alpha value is -0.940. The minimum absolute atomic E-state index is 0.0395. The predicted octanol–water partition coefficient (Wildman–Crippen LogP) is 3.01. The molecule has 5 heteroatoms. The highest BCUT2D eigenvalue weighted by Crippen LogP contribution is 2.28. The maximum Gasteiger partial charge on any atom is 0.231 e. The zero-order valence-corrected chi connectivity index (χ0v) is 12.9. The van der Waals surface area contributed by atoms with Gasteiger partial charge in [-0.1, -0.05) is 6.92 Å². The number of ether oxygens (including phenoxy) is 1. The van der Waals surface area contributed by atoms with Crippen LogP contribution in [0.15, 0.2) is 22.8 Å². The van der Waals surface area contributed by atoms with E-state index in [9.17, 15) is 4.79 Å². The van der Waals surface area contributed by atoms with E-state index in [0.717, 1.165) is 23.7 Å². The van der Waals surface area contributed by atoms with Gasteiger partial charge in [0.05, 0.1) is 10.6 Å². The van der Waals surface area contributed by atoms with Gasteiger partial charge in [-0.05, 0) is 47.3 Å². The number of carbonyl (C=O) groups excluding carboxylic acids is 1. The summed E-state index contributed by atoms with van der Waals surface area (Å²) >= 11 is 3.43. The lowest BCUT2D eigenvalue weighted by Crippen LogP contribution is -2.38. The summed E-state index contributed by atoms with van der Waals surface area (Å²) in [5, 5.41) is 0. The lowest BCUT2D eigenvalue weighted by molar-refractivity contribution is -0.127. The summed E-state index contributed by atoms with van der Waals surface area (Å²) < 4.78 is 6.46. The number of rotatable bonds is 3. The summed E-state index contributed by atoms with van der Waals surface area (Å²) in [6, 6.07) is 3.73. The van der Waals surface area contributed by atoms with Crippen LogP contribution in [0.25, 0.3) is 0 Å². The van der Waals surface area contributed by atoms with Crippen molar-refractivity contribution in [3.63, 3.8) is 0 Å². The van der Waals surface area contributed by atoms with Gasteiger partial charge < -0.3 is 4.74 Å². The van der Waals surface area contributed by atoms with Crippen LogP contribution in [0.2, 0.25) is 0 Å². The lowest BCUT2D eigenvalue weighted by Gasteiger charge is -2.30. The molecule has 0 N–H and O–H groups in total. The van der Waals surface area contributed by atoms with Crippen molar-refractivity contribution in [1.82, 2.24) is 4.98 Å². The number of halogens is 1. The Morgan fingerprint density at radius 2 is 2.42 bits per heavy atom. The highest BCUT2D eigenvalue weighted by Gasteiger charge is 2.30. The van der Waals surface area contributed by atoms with E-state index in [-0.39, 0.29) is 17.9 Å². The van der Waals surface area contributed by atoms with Gasteiger partial charge in [-0.25, -0.2) is 4.98 Å². The Bertz CT molecular complexity index is 453. The fraction of sp³-hybridized carbons (Fsp3) is 0.571. The normalized spacial score (nSPS) is 23.1. The summed E-state index contributed by atoms with van der Waals surface area (Å²) in [7, 11) is 1.78. The molecule has 1 saturated heterocycles. The molecular weight excluding hydrogens is 308 g/mol. The van der Waals surface area contributed by atoms with Crippen molar-refractivity contribution < 1.29 is 9.53 Å². The average Bonchev–Trinajstić information content (AvgIpc) is 2.46. The Labute approximate surface area is 122 Å². The van der Waals surface area contributed by atoms with Crippen LogP contribution >= 0.6 is 15.9 Å². The van der Waals surface area contributed by atoms with Gasteiger partial charge in [0.1, 0.15) is 5.82 Å². The van der Waals surface area contributed by atoms with Crippen LogP contribution in [0.3, 0.4) is 0 Å². The molecule has 4 nitrogen and oxygen atoms in total. The van der Waals surface area contributed by atoms with E-state index in [4.69, 9.17) is 4.74 Å². The van der Waals surface area contributed by atoms with Crippen molar-refractivity contribution in [2.75, 3.05) is 18.6 Å². The first-order valence-electron chi connectivity index (χ1n) is 6.63. The molecule has 2 heterocycles. The molecular formula is C14H19BrN2O2. The maximum absolute atomic E-state index is 12.5. The lowest BCUT2D eigenvalue weighted by atomic mass is 9.93. The Kier molecular flexibility index (Phi) is 4.93. The molecule has 1 aromatic rings. The minimum atomic E-state index is 0.0395. The van der Waals surface area contributed by atoms with Crippen LogP contribution in [0.4, 0.5) is 5.82 Å². The zero-order chi connectivity index (χ0) is 13.8. The van der Waals surface area contributed by atoms with E-state index in [0.29, 0.717) is 12.4 Å². The van der Waals surface area contributed by atoms with E-state index in [1.165, 1.54) is 0 Å². The van der Waals surface area contributed by atoms with Crippen LogP contribution < -0.4 is 4.90 Å². The number of amides is 1. The van der Waals surface area contributed by atoms with E-state index < -0.39 is 0 Å². The van der Waals surface area contributed by atoms with Crippen molar-refractivity contribution in [2.24, 2.45) is 5.92 Å². The number of pyridine rings is 1. The van der Waals surface area contributed by atoms with Crippen molar-refractivity contribution in [2.45, 2.75) is 32.3 Å². The van der Waals surface area contributed by atoms with Crippen LogP contribution in [-0.2, 0) is 9.53 Å². The Morgan fingerprint density at radius 1 is 1.63 bits per heavy atom. The number of anilines is 1. The SMILES string of the molecule is CC[C@H]1C[C@H](C(=O)N(C)c2ncccc2Br)CCO1. The summed E-state index contributed by atoms with van der Waals surface area (Å²) in [5.74, 6) is 0.839. The average molecular weight is 327 g/mol. The first-order valence-corrected chi connectivity index (χ1v) is 7.42. The predicted molar refractivity (Wildman–Crippen MR) is 78.1 cm³/mol. The quantitative estimate of drug-likeness (QED) is 0.857. The van der Waals surface area contributed by atoms with Crippen LogP contribution in [0, 0.1) is 5.92 Å². The summed E-state index contributed by atoms with van der Waals surface area (Å²) in [6.45, 7) is 2.77. The molecule has 19 heavy (non-hydrogen) atoms. The fourth-order valence-electron chi connectivity index (χ4n) is 2.39. The number of hydrogen-bond donors (Lipinski definition) is 0. The Balaban J connectivity index is 2.09. The van der Waals surface area contributed by atoms with Crippen LogP contribution in [0.1, 0.15) is 26.2 Å².